The zero-order valence-electron chi connectivity index (χ0n) is 14.2. The first-order valence-electron chi connectivity index (χ1n) is 8.31. The molecule has 0 aromatic carbocycles. The van der Waals surface area contributed by atoms with Crippen LogP contribution in [0.25, 0.3) is 0 Å². The minimum Gasteiger partial charge on any atom is -0.334 e. The fourth-order valence-electron chi connectivity index (χ4n) is 2.96. The molecule has 0 spiro atoms. The molecular formula is C18H23N5O. The fourth-order valence-corrected chi connectivity index (χ4v) is 2.96. The standard InChI is InChI=1S/C18H23N5O/c1-14(2)10-22(11-15-3-5-19-6-4-15)16-12-23(13-16)18(24)17-9-20-7-8-21-17/h3-9,14,16H,10-13H2,1-2H3. The number of carbonyl (C=O) groups is 1. The summed E-state index contributed by atoms with van der Waals surface area (Å²) in [6.07, 6.45) is 8.31. The molecule has 126 valence electrons. The summed E-state index contributed by atoms with van der Waals surface area (Å²) < 4.78 is 0. The summed E-state index contributed by atoms with van der Waals surface area (Å²) >= 11 is 0. The highest BCUT2D eigenvalue weighted by Crippen LogP contribution is 2.20. The largest absolute Gasteiger partial charge is 0.334 e. The Morgan fingerprint density at radius 2 is 1.96 bits per heavy atom. The first-order valence-corrected chi connectivity index (χ1v) is 8.31. The summed E-state index contributed by atoms with van der Waals surface area (Å²) in [6.45, 7) is 7.83. The normalized spacial score (nSPS) is 14.9. The molecule has 2 aromatic heterocycles. The number of pyridine rings is 1. The molecule has 0 radical (unpaired) electrons. The SMILES string of the molecule is CC(C)CN(Cc1ccncc1)C1CN(C(=O)c2cnccn2)C1. The Morgan fingerprint density at radius 3 is 2.58 bits per heavy atom. The van der Waals surface area contributed by atoms with E-state index in [1.54, 1.807) is 12.4 Å². The Morgan fingerprint density at radius 1 is 1.21 bits per heavy atom. The molecular weight excluding hydrogens is 302 g/mol. The molecule has 1 aliphatic heterocycles. The van der Waals surface area contributed by atoms with Crippen LogP contribution in [0.2, 0.25) is 0 Å². The molecule has 0 unspecified atom stereocenters. The van der Waals surface area contributed by atoms with Crippen LogP contribution in [0.4, 0.5) is 0 Å². The second kappa shape index (κ2) is 7.49. The van der Waals surface area contributed by atoms with Gasteiger partial charge in [0.2, 0.25) is 0 Å². The van der Waals surface area contributed by atoms with Gasteiger partial charge in [-0.1, -0.05) is 13.8 Å². The lowest BCUT2D eigenvalue weighted by molar-refractivity contribution is 0.0193. The lowest BCUT2D eigenvalue weighted by Crippen LogP contribution is -2.61. The maximum atomic E-state index is 12.4. The van der Waals surface area contributed by atoms with Gasteiger partial charge in [-0.05, 0) is 23.6 Å². The van der Waals surface area contributed by atoms with Gasteiger partial charge in [-0.25, -0.2) is 4.98 Å². The molecule has 3 heterocycles. The Labute approximate surface area is 142 Å². The van der Waals surface area contributed by atoms with Gasteiger partial charge < -0.3 is 4.90 Å². The quantitative estimate of drug-likeness (QED) is 0.811. The Hall–Kier alpha value is -2.34. The van der Waals surface area contributed by atoms with Crippen molar-refractivity contribution in [3.63, 3.8) is 0 Å². The minimum absolute atomic E-state index is 0.0345. The summed E-state index contributed by atoms with van der Waals surface area (Å²) in [5, 5.41) is 0. The number of hydrogen-bond donors (Lipinski definition) is 0. The monoisotopic (exact) mass is 325 g/mol. The molecule has 2 aromatic rings. The van der Waals surface area contributed by atoms with Crippen LogP contribution in [0, 0.1) is 5.92 Å². The van der Waals surface area contributed by atoms with Crippen LogP contribution in [-0.4, -0.2) is 56.3 Å². The van der Waals surface area contributed by atoms with Crippen molar-refractivity contribution < 1.29 is 4.79 Å². The van der Waals surface area contributed by atoms with Crippen molar-refractivity contribution in [1.82, 2.24) is 24.8 Å². The number of carbonyl (C=O) groups excluding carboxylic acids is 1. The van der Waals surface area contributed by atoms with Gasteiger partial charge in [-0.15, -0.1) is 0 Å². The van der Waals surface area contributed by atoms with Gasteiger partial charge in [0.15, 0.2) is 0 Å². The van der Waals surface area contributed by atoms with Gasteiger partial charge in [0.25, 0.3) is 5.91 Å². The number of rotatable bonds is 6. The van der Waals surface area contributed by atoms with E-state index in [1.165, 1.54) is 11.8 Å². The van der Waals surface area contributed by atoms with Crippen LogP contribution >= 0.6 is 0 Å². The fraction of sp³-hybridized carbons (Fsp3) is 0.444. The number of nitrogens with zero attached hydrogens (tertiary/aromatic N) is 5. The van der Waals surface area contributed by atoms with Crippen molar-refractivity contribution >= 4 is 5.91 Å². The van der Waals surface area contributed by atoms with Crippen molar-refractivity contribution in [3.05, 3.63) is 54.4 Å². The zero-order valence-corrected chi connectivity index (χ0v) is 14.2. The van der Waals surface area contributed by atoms with Crippen molar-refractivity contribution in [1.29, 1.82) is 0 Å². The van der Waals surface area contributed by atoms with E-state index in [0.717, 1.165) is 26.2 Å². The van der Waals surface area contributed by atoms with Gasteiger partial charge in [0, 0.05) is 57.0 Å². The van der Waals surface area contributed by atoms with Crippen molar-refractivity contribution in [3.8, 4) is 0 Å². The van der Waals surface area contributed by atoms with E-state index in [0.29, 0.717) is 17.7 Å². The second-order valence-electron chi connectivity index (χ2n) is 6.63. The van der Waals surface area contributed by atoms with E-state index < -0.39 is 0 Å². The average molecular weight is 325 g/mol. The van der Waals surface area contributed by atoms with E-state index >= 15 is 0 Å². The summed E-state index contributed by atoms with van der Waals surface area (Å²) in [5.41, 5.74) is 1.67. The summed E-state index contributed by atoms with van der Waals surface area (Å²) in [6, 6.07) is 4.49. The molecule has 0 aliphatic carbocycles. The van der Waals surface area contributed by atoms with Gasteiger partial charge in [-0.2, -0.15) is 0 Å². The van der Waals surface area contributed by atoms with Crippen LogP contribution in [0.1, 0.15) is 29.9 Å². The molecule has 0 saturated carbocycles. The first kappa shape index (κ1) is 16.5. The Bertz CT molecular complexity index is 656. The first-order chi connectivity index (χ1) is 11.6. The molecule has 6 nitrogen and oxygen atoms in total. The maximum Gasteiger partial charge on any atom is 0.274 e. The van der Waals surface area contributed by atoms with E-state index in [4.69, 9.17) is 0 Å². The number of amides is 1. The van der Waals surface area contributed by atoms with E-state index in [9.17, 15) is 4.79 Å². The molecule has 1 fully saturated rings. The van der Waals surface area contributed by atoms with Gasteiger partial charge in [-0.3, -0.25) is 19.7 Å². The highest BCUT2D eigenvalue weighted by atomic mass is 16.2. The predicted molar refractivity (Wildman–Crippen MR) is 91.2 cm³/mol. The highest BCUT2D eigenvalue weighted by Gasteiger charge is 2.35. The third-order valence-corrected chi connectivity index (χ3v) is 4.18. The molecule has 1 aliphatic rings. The Kier molecular flexibility index (Phi) is 5.15. The molecule has 0 bridgehead atoms. The zero-order chi connectivity index (χ0) is 16.9. The molecule has 1 saturated heterocycles. The number of aromatic nitrogens is 3. The third-order valence-electron chi connectivity index (χ3n) is 4.18. The van der Waals surface area contributed by atoms with Crippen LogP contribution < -0.4 is 0 Å². The predicted octanol–water partition coefficient (Wildman–Crippen LogP) is 1.85. The van der Waals surface area contributed by atoms with E-state index in [-0.39, 0.29) is 5.91 Å². The lowest BCUT2D eigenvalue weighted by atomic mass is 10.0. The molecule has 0 atom stereocenters. The van der Waals surface area contributed by atoms with Crippen LogP contribution in [0.15, 0.2) is 43.1 Å². The number of likely N-dealkylation sites (tertiary alicyclic amines) is 1. The summed E-state index contributed by atoms with van der Waals surface area (Å²) in [5.74, 6) is 0.546. The van der Waals surface area contributed by atoms with Gasteiger partial charge >= 0.3 is 0 Å². The molecule has 0 N–H and O–H groups in total. The van der Waals surface area contributed by atoms with Crippen LogP contribution in [-0.2, 0) is 6.54 Å². The Balaban J connectivity index is 1.61. The summed E-state index contributed by atoms with van der Waals surface area (Å²) in [7, 11) is 0. The van der Waals surface area contributed by atoms with Crippen molar-refractivity contribution in [2.45, 2.75) is 26.4 Å². The van der Waals surface area contributed by atoms with Crippen LogP contribution in [0.5, 0.6) is 0 Å². The molecule has 3 rings (SSSR count). The smallest absolute Gasteiger partial charge is 0.274 e. The van der Waals surface area contributed by atoms with Crippen molar-refractivity contribution in [2.24, 2.45) is 5.92 Å². The van der Waals surface area contributed by atoms with Gasteiger partial charge in [0.1, 0.15) is 5.69 Å². The van der Waals surface area contributed by atoms with E-state index in [1.807, 2.05) is 17.3 Å². The highest BCUT2D eigenvalue weighted by molar-refractivity contribution is 5.92. The van der Waals surface area contributed by atoms with Gasteiger partial charge in [0.05, 0.1) is 6.20 Å². The molecule has 6 heteroatoms. The van der Waals surface area contributed by atoms with E-state index in [2.05, 4.69) is 45.8 Å². The minimum atomic E-state index is -0.0345. The topological polar surface area (TPSA) is 62.2 Å². The lowest BCUT2D eigenvalue weighted by Gasteiger charge is -2.46. The summed E-state index contributed by atoms with van der Waals surface area (Å²) in [4.78, 5) is 28.8. The third kappa shape index (κ3) is 3.94. The molecule has 24 heavy (non-hydrogen) atoms. The number of hydrogen-bond acceptors (Lipinski definition) is 5. The maximum absolute atomic E-state index is 12.4. The van der Waals surface area contributed by atoms with Crippen molar-refractivity contribution in [2.75, 3.05) is 19.6 Å². The average Bonchev–Trinajstić information content (AvgIpc) is 2.54. The van der Waals surface area contributed by atoms with Crippen LogP contribution in [0.3, 0.4) is 0 Å². The molecule has 1 amide bonds. The second-order valence-corrected chi connectivity index (χ2v) is 6.63.